The van der Waals surface area contributed by atoms with E-state index in [1.54, 1.807) is 24.5 Å². The van der Waals surface area contributed by atoms with Crippen molar-refractivity contribution < 1.29 is 9.47 Å². The Kier molecular flexibility index (Phi) is 4.47. The van der Waals surface area contributed by atoms with Crippen LogP contribution in [0.1, 0.15) is 11.1 Å². The second kappa shape index (κ2) is 6.09. The van der Waals surface area contributed by atoms with Gasteiger partial charge in [0.15, 0.2) is 11.5 Å². The van der Waals surface area contributed by atoms with Gasteiger partial charge in [-0.15, -0.1) is 0 Å². The lowest BCUT2D eigenvalue weighted by atomic mass is 10.2. The average molecular weight is 284 g/mol. The summed E-state index contributed by atoms with van der Waals surface area (Å²) in [7, 11) is 1.59. The number of nitrogens with two attached hydrogens (primary N) is 1. The molecule has 0 aliphatic heterocycles. The summed E-state index contributed by atoms with van der Waals surface area (Å²) in [5.41, 5.74) is 7.62. The van der Waals surface area contributed by atoms with Crippen LogP contribution >= 0.6 is 22.9 Å². The topological polar surface area (TPSA) is 44.5 Å². The van der Waals surface area contributed by atoms with Gasteiger partial charge in [0.2, 0.25) is 0 Å². The molecule has 0 bridgehead atoms. The number of methoxy groups -OCH3 is 1. The number of thiophene rings is 1. The lowest BCUT2D eigenvalue weighted by molar-refractivity contribution is 0.285. The van der Waals surface area contributed by atoms with Gasteiger partial charge in [-0.25, -0.2) is 0 Å². The molecule has 0 spiro atoms. The highest BCUT2D eigenvalue weighted by Gasteiger charge is 2.11. The van der Waals surface area contributed by atoms with E-state index in [0.717, 1.165) is 11.1 Å². The Hall–Kier alpha value is -1.23. The van der Waals surface area contributed by atoms with Gasteiger partial charge < -0.3 is 15.2 Å². The van der Waals surface area contributed by atoms with Crippen LogP contribution in [0, 0.1) is 0 Å². The first kappa shape index (κ1) is 13.2. The number of ether oxygens (including phenoxy) is 2. The summed E-state index contributed by atoms with van der Waals surface area (Å²) >= 11 is 7.81. The maximum atomic E-state index is 6.17. The van der Waals surface area contributed by atoms with Gasteiger partial charge in [-0.3, -0.25) is 0 Å². The molecule has 0 radical (unpaired) electrons. The largest absolute Gasteiger partial charge is 0.493 e. The zero-order chi connectivity index (χ0) is 13.0. The first-order chi connectivity index (χ1) is 8.74. The molecular formula is C13H14ClNO2S. The van der Waals surface area contributed by atoms with E-state index < -0.39 is 0 Å². The van der Waals surface area contributed by atoms with Crippen LogP contribution in [0.2, 0.25) is 5.02 Å². The predicted molar refractivity (Wildman–Crippen MR) is 74.5 cm³/mol. The van der Waals surface area contributed by atoms with Gasteiger partial charge in [0, 0.05) is 6.54 Å². The fourth-order valence-corrected chi connectivity index (χ4v) is 2.50. The zero-order valence-electron chi connectivity index (χ0n) is 9.98. The SMILES string of the molecule is COc1cc(CN)cc(Cl)c1OCc1ccsc1. The summed E-state index contributed by atoms with van der Waals surface area (Å²) in [4.78, 5) is 0. The lowest BCUT2D eigenvalue weighted by Gasteiger charge is -2.13. The first-order valence-corrected chi connectivity index (χ1v) is 6.77. The molecule has 0 fully saturated rings. The van der Waals surface area contributed by atoms with Gasteiger partial charge in [-0.1, -0.05) is 11.6 Å². The molecule has 0 saturated heterocycles. The van der Waals surface area contributed by atoms with E-state index in [9.17, 15) is 0 Å². The normalized spacial score (nSPS) is 10.4. The Labute approximate surface area is 115 Å². The van der Waals surface area contributed by atoms with Crippen LogP contribution in [0.3, 0.4) is 0 Å². The summed E-state index contributed by atoms with van der Waals surface area (Å²) in [6.45, 7) is 0.891. The molecule has 1 heterocycles. The fourth-order valence-electron chi connectivity index (χ4n) is 1.56. The van der Waals surface area contributed by atoms with Gasteiger partial charge in [-0.05, 0) is 40.1 Å². The van der Waals surface area contributed by atoms with Gasteiger partial charge in [0.1, 0.15) is 6.61 Å². The molecule has 18 heavy (non-hydrogen) atoms. The quantitative estimate of drug-likeness (QED) is 0.914. The summed E-state index contributed by atoms with van der Waals surface area (Å²) in [5, 5.41) is 4.56. The maximum absolute atomic E-state index is 6.17. The highest BCUT2D eigenvalue weighted by molar-refractivity contribution is 7.07. The Morgan fingerprint density at radius 3 is 2.78 bits per heavy atom. The molecule has 2 N–H and O–H groups in total. The number of halogens is 1. The Morgan fingerprint density at radius 1 is 1.33 bits per heavy atom. The number of benzene rings is 1. The minimum Gasteiger partial charge on any atom is -0.493 e. The summed E-state index contributed by atoms with van der Waals surface area (Å²) in [5.74, 6) is 1.17. The van der Waals surface area contributed by atoms with Crippen LogP contribution in [-0.2, 0) is 13.2 Å². The third-order valence-corrected chi connectivity index (χ3v) is 3.50. The third-order valence-electron chi connectivity index (χ3n) is 2.49. The molecule has 5 heteroatoms. The van der Waals surface area contributed by atoms with Crippen LogP contribution < -0.4 is 15.2 Å². The van der Waals surface area contributed by atoms with Crippen LogP contribution in [0.5, 0.6) is 11.5 Å². The molecule has 2 aromatic rings. The fraction of sp³-hybridized carbons (Fsp3) is 0.231. The van der Waals surface area contributed by atoms with E-state index in [4.69, 9.17) is 26.8 Å². The molecule has 0 atom stereocenters. The van der Waals surface area contributed by atoms with Gasteiger partial charge in [-0.2, -0.15) is 11.3 Å². The monoisotopic (exact) mass is 283 g/mol. The van der Waals surface area contributed by atoms with Crippen molar-refractivity contribution in [2.75, 3.05) is 7.11 Å². The van der Waals surface area contributed by atoms with Crippen LogP contribution in [-0.4, -0.2) is 7.11 Å². The van der Waals surface area contributed by atoms with Crippen molar-refractivity contribution in [3.8, 4) is 11.5 Å². The predicted octanol–water partition coefficient (Wildman–Crippen LogP) is 3.45. The molecule has 0 saturated carbocycles. The molecule has 0 amide bonds. The third kappa shape index (κ3) is 2.96. The highest BCUT2D eigenvalue weighted by atomic mass is 35.5. The maximum Gasteiger partial charge on any atom is 0.180 e. The second-order valence-corrected chi connectivity index (χ2v) is 4.92. The minimum absolute atomic E-state index is 0.418. The smallest absolute Gasteiger partial charge is 0.180 e. The minimum atomic E-state index is 0.418. The standard InChI is InChI=1S/C13H14ClNO2S/c1-16-12-5-10(6-15)4-11(14)13(12)17-7-9-2-3-18-8-9/h2-5,8H,6-7,15H2,1H3. The molecule has 3 nitrogen and oxygen atoms in total. The van der Waals surface area contributed by atoms with Crippen molar-refractivity contribution in [1.29, 1.82) is 0 Å². The van der Waals surface area contributed by atoms with Crippen LogP contribution in [0.15, 0.2) is 29.0 Å². The van der Waals surface area contributed by atoms with Crippen LogP contribution in [0.4, 0.5) is 0 Å². The van der Waals surface area contributed by atoms with Crippen molar-refractivity contribution in [2.24, 2.45) is 5.73 Å². The molecule has 0 aliphatic rings. The zero-order valence-corrected chi connectivity index (χ0v) is 11.6. The highest BCUT2D eigenvalue weighted by Crippen LogP contribution is 2.36. The first-order valence-electron chi connectivity index (χ1n) is 5.45. The molecule has 96 valence electrons. The number of rotatable bonds is 5. The van der Waals surface area contributed by atoms with Crippen molar-refractivity contribution in [3.63, 3.8) is 0 Å². The molecular weight excluding hydrogens is 270 g/mol. The molecule has 2 rings (SSSR count). The van der Waals surface area contributed by atoms with Crippen LogP contribution in [0.25, 0.3) is 0 Å². The molecule has 0 aliphatic carbocycles. The molecule has 1 aromatic carbocycles. The van der Waals surface area contributed by atoms with Crippen molar-refractivity contribution in [2.45, 2.75) is 13.2 Å². The lowest BCUT2D eigenvalue weighted by Crippen LogP contribution is -2.01. The second-order valence-electron chi connectivity index (χ2n) is 3.73. The van der Waals surface area contributed by atoms with Crippen molar-refractivity contribution in [3.05, 3.63) is 45.1 Å². The summed E-state index contributed by atoms with van der Waals surface area (Å²) in [6.07, 6.45) is 0. The summed E-state index contributed by atoms with van der Waals surface area (Å²) < 4.78 is 11.0. The van der Waals surface area contributed by atoms with Crippen molar-refractivity contribution >= 4 is 22.9 Å². The van der Waals surface area contributed by atoms with Gasteiger partial charge >= 0.3 is 0 Å². The van der Waals surface area contributed by atoms with Gasteiger partial charge in [0.05, 0.1) is 12.1 Å². The summed E-state index contributed by atoms with van der Waals surface area (Å²) in [6, 6.07) is 5.65. The van der Waals surface area contributed by atoms with E-state index in [2.05, 4.69) is 0 Å². The number of hydrogen-bond donors (Lipinski definition) is 1. The Morgan fingerprint density at radius 2 is 2.17 bits per heavy atom. The van der Waals surface area contributed by atoms with E-state index in [0.29, 0.717) is 29.7 Å². The van der Waals surface area contributed by atoms with Gasteiger partial charge in [0.25, 0.3) is 0 Å². The Balaban J connectivity index is 2.20. The van der Waals surface area contributed by atoms with E-state index in [-0.39, 0.29) is 0 Å². The Bertz CT molecular complexity index is 514. The van der Waals surface area contributed by atoms with E-state index >= 15 is 0 Å². The van der Waals surface area contributed by atoms with E-state index in [1.165, 1.54) is 0 Å². The number of hydrogen-bond acceptors (Lipinski definition) is 4. The molecule has 0 unspecified atom stereocenters. The average Bonchev–Trinajstić information content (AvgIpc) is 2.89. The molecule has 1 aromatic heterocycles. The van der Waals surface area contributed by atoms with E-state index in [1.807, 2.05) is 22.9 Å². The van der Waals surface area contributed by atoms with Crippen molar-refractivity contribution in [1.82, 2.24) is 0 Å².